The first-order valence-electron chi connectivity index (χ1n) is 5.10. The number of benzene rings is 1. The van der Waals surface area contributed by atoms with Crippen molar-refractivity contribution < 1.29 is 8.91 Å². The third-order valence-corrected chi connectivity index (χ3v) is 2.38. The number of H-pyrrole nitrogens is 2. The second-order valence-corrected chi connectivity index (χ2v) is 3.60. The highest BCUT2D eigenvalue weighted by Crippen LogP contribution is 2.20. The van der Waals surface area contributed by atoms with Gasteiger partial charge >= 0.3 is 5.76 Å². The molecule has 0 aliphatic heterocycles. The van der Waals surface area contributed by atoms with E-state index in [1.54, 1.807) is 12.1 Å². The second-order valence-electron chi connectivity index (χ2n) is 3.60. The fourth-order valence-electron chi connectivity index (χ4n) is 1.58. The van der Waals surface area contributed by atoms with Crippen LogP contribution in [-0.4, -0.2) is 20.1 Å². The summed E-state index contributed by atoms with van der Waals surface area (Å²) in [6.45, 7) is 0. The summed E-state index contributed by atoms with van der Waals surface area (Å²) in [6, 6.07) is 6.08. The molecule has 0 spiro atoms. The normalized spacial score (nSPS) is 10.7. The van der Waals surface area contributed by atoms with E-state index in [0.717, 1.165) is 0 Å². The molecule has 6 nitrogen and oxygen atoms in total. The number of nitrogens with one attached hydrogen (secondary N) is 2. The quantitative estimate of drug-likeness (QED) is 0.718. The monoisotopic (exact) mass is 246 g/mol. The number of aromatic amines is 2. The maximum Gasteiger partial charge on any atom is 0.439 e. The van der Waals surface area contributed by atoms with E-state index in [0.29, 0.717) is 17.1 Å². The topological polar surface area (TPSA) is 87.6 Å². The van der Waals surface area contributed by atoms with Crippen LogP contribution < -0.4 is 5.76 Å². The lowest BCUT2D eigenvalue weighted by Gasteiger charge is -1.96. The molecule has 0 atom stereocenters. The maximum atomic E-state index is 13.1. The Morgan fingerprint density at radius 1 is 1.22 bits per heavy atom. The number of hydrogen-bond acceptors (Lipinski definition) is 4. The van der Waals surface area contributed by atoms with Gasteiger partial charge in [0.1, 0.15) is 5.82 Å². The van der Waals surface area contributed by atoms with Crippen molar-refractivity contribution in [1.82, 2.24) is 20.1 Å². The van der Waals surface area contributed by atoms with Crippen molar-refractivity contribution >= 4 is 0 Å². The summed E-state index contributed by atoms with van der Waals surface area (Å²) < 4.78 is 17.4. The Morgan fingerprint density at radius 2 is 2.11 bits per heavy atom. The van der Waals surface area contributed by atoms with E-state index in [9.17, 15) is 9.18 Å². The summed E-state index contributed by atoms with van der Waals surface area (Å²) in [5.74, 6) is -0.449. The first-order valence-corrected chi connectivity index (χ1v) is 5.10. The molecule has 0 aliphatic rings. The van der Waals surface area contributed by atoms with Crippen LogP contribution in [0.1, 0.15) is 0 Å². The van der Waals surface area contributed by atoms with E-state index in [4.69, 9.17) is 0 Å². The predicted molar refractivity (Wildman–Crippen MR) is 60.1 cm³/mol. The molecule has 7 heteroatoms. The van der Waals surface area contributed by atoms with Gasteiger partial charge in [0.05, 0.1) is 11.9 Å². The molecule has 2 heterocycles. The van der Waals surface area contributed by atoms with E-state index >= 15 is 0 Å². The number of rotatable bonds is 2. The molecule has 0 saturated heterocycles. The zero-order valence-corrected chi connectivity index (χ0v) is 8.98. The molecule has 0 radical (unpaired) electrons. The van der Waals surface area contributed by atoms with Gasteiger partial charge in [0.15, 0.2) is 5.82 Å². The molecule has 90 valence electrons. The summed E-state index contributed by atoms with van der Waals surface area (Å²) in [7, 11) is 0. The molecule has 1 aromatic carbocycles. The Bertz CT molecular complexity index is 743. The molecule has 0 unspecified atom stereocenters. The third-order valence-electron chi connectivity index (χ3n) is 2.38. The zero-order valence-electron chi connectivity index (χ0n) is 8.98. The Balaban J connectivity index is 2.01. The van der Waals surface area contributed by atoms with Crippen LogP contribution in [-0.2, 0) is 0 Å². The SMILES string of the molecule is O=c1[nH]c(-c2ncc(-c3cccc(F)c3)[nH]2)no1. The van der Waals surface area contributed by atoms with Crippen molar-refractivity contribution in [3.63, 3.8) is 0 Å². The number of hydrogen-bond donors (Lipinski definition) is 2. The molecule has 3 aromatic rings. The minimum atomic E-state index is -0.659. The highest BCUT2D eigenvalue weighted by Gasteiger charge is 2.09. The molecule has 2 aromatic heterocycles. The van der Waals surface area contributed by atoms with Gasteiger partial charge in [0, 0.05) is 5.56 Å². The molecule has 0 amide bonds. The molecule has 2 N–H and O–H groups in total. The van der Waals surface area contributed by atoms with Crippen LogP contribution in [0.15, 0.2) is 39.8 Å². The van der Waals surface area contributed by atoms with Gasteiger partial charge < -0.3 is 4.98 Å². The molecule has 18 heavy (non-hydrogen) atoms. The van der Waals surface area contributed by atoms with Gasteiger partial charge in [0.25, 0.3) is 0 Å². The summed E-state index contributed by atoms with van der Waals surface area (Å²) in [5.41, 5.74) is 1.27. The van der Waals surface area contributed by atoms with Crippen molar-refractivity contribution in [3.05, 3.63) is 46.8 Å². The summed E-state index contributed by atoms with van der Waals surface area (Å²) in [5, 5.41) is 3.50. The van der Waals surface area contributed by atoms with Crippen LogP contribution in [0.3, 0.4) is 0 Å². The van der Waals surface area contributed by atoms with Crippen LogP contribution in [0, 0.1) is 5.82 Å². The lowest BCUT2D eigenvalue weighted by molar-refractivity contribution is 0.387. The van der Waals surface area contributed by atoms with Gasteiger partial charge in [0.2, 0.25) is 5.82 Å². The van der Waals surface area contributed by atoms with Crippen molar-refractivity contribution in [3.8, 4) is 22.9 Å². The summed E-state index contributed by atoms with van der Waals surface area (Å²) in [4.78, 5) is 20.1. The molecule has 0 saturated carbocycles. The molecule has 0 fully saturated rings. The maximum absolute atomic E-state index is 13.1. The Morgan fingerprint density at radius 3 is 2.83 bits per heavy atom. The fourth-order valence-corrected chi connectivity index (χ4v) is 1.58. The molecule has 3 rings (SSSR count). The second kappa shape index (κ2) is 3.95. The summed E-state index contributed by atoms with van der Waals surface area (Å²) in [6.07, 6.45) is 1.52. The minimum Gasteiger partial charge on any atom is -0.335 e. The Labute approximate surface area is 99.5 Å². The van der Waals surface area contributed by atoms with Crippen LogP contribution in [0.4, 0.5) is 4.39 Å². The number of halogens is 1. The van der Waals surface area contributed by atoms with Crippen molar-refractivity contribution in [2.24, 2.45) is 0 Å². The van der Waals surface area contributed by atoms with E-state index in [1.807, 2.05) is 0 Å². The van der Waals surface area contributed by atoms with E-state index in [2.05, 4.69) is 24.6 Å². The van der Waals surface area contributed by atoms with Gasteiger partial charge in [-0.2, -0.15) is 0 Å². The highest BCUT2D eigenvalue weighted by atomic mass is 19.1. The number of aromatic nitrogens is 4. The van der Waals surface area contributed by atoms with Crippen molar-refractivity contribution in [2.45, 2.75) is 0 Å². The van der Waals surface area contributed by atoms with E-state index < -0.39 is 5.76 Å². The fraction of sp³-hybridized carbons (Fsp3) is 0. The molecular formula is C11H7FN4O2. The first-order chi connectivity index (χ1) is 8.72. The minimum absolute atomic E-state index is 0.197. The average Bonchev–Trinajstić information content (AvgIpc) is 2.97. The Kier molecular flexibility index (Phi) is 2.30. The molecule has 0 aliphatic carbocycles. The highest BCUT2D eigenvalue weighted by molar-refractivity contribution is 5.61. The van der Waals surface area contributed by atoms with Gasteiger partial charge in [-0.1, -0.05) is 17.3 Å². The van der Waals surface area contributed by atoms with Crippen LogP contribution in [0.2, 0.25) is 0 Å². The average molecular weight is 246 g/mol. The largest absolute Gasteiger partial charge is 0.439 e. The first kappa shape index (κ1) is 10.5. The van der Waals surface area contributed by atoms with E-state index in [1.165, 1.54) is 18.3 Å². The number of imidazole rings is 1. The predicted octanol–water partition coefficient (Wildman–Crippen LogP) is 1.56. The Hall–Kier alpha value is -2.70. The van der Waals surface area contributed by atoms with Crippen LogP contribution in [0.25, 0.3) is 22.9 Å². The third kappa shape index (κ3) is 1.81. The summed E-state index contributed by atoms with van der Waals surface area (Å²) >= 11 is 0. The van der Waals surface area contributed by atoms with Crippen LogP contribution in [0.5, 0.6) is 0 Å². The molecule has 0 bridgehead atoms. The van der Waals surface area contributed by atoms with Gasteiger partial charge in [-0.15, -0.1) is 0 Å². The standard InChI is InChI=1S/C11H7FN4O2/c12-7-3-1-2-6(4-7)8-5-13-9(14-8)10-15-11(17)18-16-10/h1-5H,(H,13,14)(H,15,16,17). The zero-order chi connectivity index (χ0) is 12.5. The smallest absolute Gasteiger partial charge is 0.335 e. The van der Waals surface area contributed by atoms with Crippen LogP contribution >= 0.6 is 0 Å². The van der Waals surface area contributed by atoms with Gasteiger partial charge in [-0.3, -0.25) is 9.51 Å². The van der Waals surface area contributed by atoms with E-state index in [-0.39, 0.29) is 11.6 Å². The number of nitrogens with zero attached hydrogens (tertiary/aromatic N) is 2. The molecular weight excluding hydrogens is 239 g/mol. The van der Waals surface area contributed by atoms with Gasteiger partial charge in [-0.25, -0.2) is 14.2 Å². The van der Waals surface area contributed by atoms with Crippen molar-refractivity contribution in [2.75, 3.05) is 0 Å². The lowest BCUT2D eigenvalue weighted by Crippen LogP contribution is -1.95. The van der Waals surface area contributed by atoms with Crippen molar-refractivity contribution in [1.29, 1.82) is 0 Å². The van der Waals surface area contributed by atoms with Gasteiger partial charge in [-0.05, 0) is 12.1 Å². The lowest BCUT2D eigenvalue weighted by atomic mass is 10.2.